The third-order valence-corrected chi connectivity index (χ3v) is 5.36. The SMILES string of the molecule is Cc1ccccc1Nc1nnc(SCc2ccc(Cl)cc2)s1. The molecule has 6 heteroatoms. The molecule has 1 heterocycles. The molecule has 0 amide bonds. The van der Waals surface area contributed by atoms with Gasteiger partial charge in [-0.15, -0.1) is 10.2 Å². The van der Waals surface area contributed by atoms with E-state index in [1.165, 1.54) is 11.1 Å². The van der Waals surface area contributed by atoms with Gasteiger partial charge in [0.05, 0.1) is 0 Å². The maximum atomic E-state index is 5.89. The molecule has 1 N–H and O–H groups in total. The largest absolute Gasteiger partial charge is 0.330 e. The van der Waals surface area contributed by atoms with E-state index in [1.807, 2.05) is 42.5 Å². The van der Waals surface area contributed by atoms with Crippen molar-refractivity contribution in [1.29, 1.82) is 0 Å². The highest BCUT2D eigenvalue weighted by Gasteiger charge is 2.06. The summed E-state index contributed by atoms with van der Waals surface area (Å²) in [4.78, 5) is 0. The molecule has 0 aliphatic heterocycles. The highest BCUT2D eigenvalue weighted by Crippen LogP contribution is 2.30. The molecule has 3 aromatic rings. The summed E-state index contributed by atoms with van der Waals surface area (Å²) >= 11 is 9.13. The Balaban J connectivity index is 1.61. The highest BCUT2D eigenvalue weighted by molar-refractivity contribution is 8.00. The van der Waals surface area contributed by atoms with E-state index in [0.717, 1.165) is 25.9 Å². The van der Waals surface area contributed by atoms with Crippen molar-refractivity contribution in [3.05, 3.63) is 64.7 Å². The molecule has 0 aliphatic carbocycles. The number of thioether (sulfide) groups is 1. The van der Waals surface area contributed by atoms with Crippen LogP contribution in [0.25, 0.3) is 0 Å². The second kappa shape index (κ2) is 7.13. The predicted molar refractivity (Wildman–Crippen MR) is 95.4 cm³/mol. The van der Waals surface area contributed by atoms with Crippen LogP contribution in [0.15, 0.2) is 52.9 Å². The first kappa shape index (κ1) is 15.3. The molecule has 0 fully saturated rings. The lowest BCUT2D eigenvalue weighted by Gasteiger charge is -2.04. The maximum absolute atomic E-state index is 5.89. The van der Waals surface area contributed by atoms with Crippen LogP contribution in [0.1, 0.15) is 11.1 Å². The van der Waals surface area contributed by atoms with Crippen LogP contribution in [0.2, 0.25) is 5.02 Å². The van der Waals surface area contributed by atoms with Gasteiger partial charge in [-0.2, -0.15) is 0 Å². The number of para-hydroxylation sites is 1. The van der Waals surface area contributed by atoms with Gasteiger partial charge in [0.15, 0.2) is 4.34 Å². The Hall–Kier alpha value is -1.56. The number of halogens is 1. The Morgan fingerprint density at radius 1 is 1.09 bits per heavy atom. The molecular weight excluding hydrogens is 334 g/mol. The Morgan fingerprint density at radius 2 is 1.86 bits per heavy atom. The average molecular weight is 348 g/mol. The van der Waals surface area contributed by atoms with Crippen LogP contribution >= 0.6 is 34.7 Å². The first-order chi connectivity index (χ1) is 10.7. The fourth-order valence-corrected chi connectivity index (χ4v) is 3.72. The zero-order valence-electron chi connectivity index (χ0n) is 11.9. The number of benzene rings is 2. The van der Waals surface area contributed by atoms with Gasteiger partial charge in [-0.1, -0.05) is 65.0 Å². The van der Waals surface area contributed by atoms with Gasteiger partial charge in [-0.05, 0) is 36.2 Å². The minimum absolute atomic E-state index is 0.759. The van der Waals surface area contributed by atoms with Gasteiger partial charge in [0.25, 0.3) is 0 Å². The van der Waals surface area contributed by atoms with Crippen LogP contribution in [0.5, 0.6) is 0 Å². The van der Waals surface area contributed by atoms with E-state index in [1.54, 1.807) is 23.1 Å². The smallest absolute Gasteiger partial charge is 0.210 e. The normalized spacial score (nSPS) is 10.6. The van der Waals surface area contributed by atoms with Crippen molar-refractivity contribution in [2.75, 3.05) is 5.32 Å². The Bertz CT molecular complexity index is 756. The standard InChI is InChI=1S/C16H14ClN3S2/c1-11-4-2-3-5-14(11)18-15-19-20-16(22-15)21-10-12-6-8-13(17)9-7-12/h2-9H,10H2,1H3,(H,18,19). The second-order valence-electron chi connectivity index (χ2n) is 4.73. The Kier molecular flexibility index (Phi) is 4.97. The van der Waals surface area contributed by atoms with Crippen LogP contribution in [0.3, 0.4) is 0 Å². The minimum atomic E-state index is 0.759. The quantitative estimate of drug-likeness (QED) is 0.615. The minimum Gasteiger partial charge on any atom is -0.330 e. The van der Waals surface area contributed by atoms with Gasteiger partial charge in [0.1, 0.15) is 0 Å². The van der Waals surface area contributed by atoms with Crippen LogP contribution in [0, 0.1) is 6.92 Å². The molecule has 0 spiro atoms. The third-order valence-electron chi connectivity index (χ3n) is 3.07. The monoisotopic (exact) mass is 347 g/mol. The predicted octanol–water partition coefficient (Wildman–Crippen LogP) is 5.54. The number of hydrogen-bond donors (Lipinski definition) is 1. The van der Waals surface area contributed by atoms with E-state index in [4.69, 9.17) is 11.6 Å². The summed E-state index contributed by atoms with van der Waals surface area (Å²) in [5.74, 6) is 0.857. The van der Waals surface area contributed by atoms with Crippen molar-refractivity contribution in [2.45, 2.75) is 17.0 Å². The van der Waals surface area contributed by atoms with Crippen molar-refractivity contribution in [3.8, 4) is 0 Å². The number of hydrogen-bond acceptors (Lipinski definition) is 5. The molecule has 112 valence electrons. The number of nitrogens with one attached hydrogen (secondary N) is 1. The molecule has 1 aromatic heterocycles. The van der Waals surface area contributed by atoms with Crippen LogP contribution in [-0.2, 0) is 5.75 Å². The zero-order chi connectivity index (χ0) is 15.4. The fourth-order valence-electron chi connectivity index (χ4n) is 1.87. The summed E-state index contributed by atoms with van der Waals surface area (Å²) in [5.41, 5.74) is 3.47. The van der Waals surface area contributed by atoms with E-state index in [-0.39, 0.29) is 0 Å². The second-order valence-corrected chi connectivity index (χ2v) is 7.36. The summed E-state index contributed by atoms with van der Waals surface area (Å²) < 4.78 is 0.950. The van der Waals surface area contributed by atoms with Gasteiger partial charge in [0, 0.05) is 16.5 Å². The average Bonchev–Trinajstić information content (AvgIpc) is 2.97. The summed E-state index contributed by atoms with van der Waals surface area (Å²) in [6.45, 7) is 2.07. The molecule has 0 radical (unpaired) electrons. The van der Waals surface area contributed by atoms with Crippen molar-refractivity contribution < 1.29 is 0 Å². The third kappa shape index (κ3) is 4.00. The first-order valence-corrected chi connectivity index (χ1v) is 8.92. The van der Waals surface area contributed by atoms with Crippen LogP contribution < -0.4 is 5.32 Å². The summed E-state index contributed by atoms with van der Waals surface area (Å²) in [6.07, 6.45) is 0. The van der Waals surface area contributed by atoms with Crippen LogP contribution in [-0.4, -0.2) is 10.2 Å². The topological polar surface area (TPSA) is 37.8 Å². The molecule has 0 saturated heterocycles. The number of rotatable bonds is 5. The Labute approximate surface area is 142 Å². The van der Waals surface area contributed by atoms with Crippen molar-refractivity contribution in [3.63, 3.8) is 0 Å². The zero-order valence-corrected chi connectivity index (χ0v) is 14.3. The molecule has 0 unspecified atom stereocenters. The van der Waals surface area contributed by atoms with Gasteiger partial charge < -0.3 is 5.32 Å². The molecule has 22 heavy (non-hydrogen) atoms. The van der Waals surface area contributed by atoms with Crippen LogP contribution in [0.4, 0.5) is 10.8 Å². The van der Waals surface area contributed by atoms with E-state index in [2.05, 4.69) is 28.5 Å². The van der Waals surface area contributed by atoms with Gasteiger partial charge in [-0.3, -0.25) is 0 Å². The lowest BCUT2D eigenvalue weighted by Crippen LogP contribution is -1.91. The first-order valence-electron chi connectivity index (χ1n) is 6.74. The summed E-state index contributed by atoms with van der Waals surface area (Å²) in [7, 11) is 0. The molecular formula is C16H14ClN3S2. The van der Waals surface area contributed by atoms with Crippen molar-refractivity contribution in [2.24, 2.45) is 0 Å². The number of aromatic nitrogens is 2. The van der Waals surface area contributed by atoms with E-state index >= 15 is 0 Å². The molecule has 0 atom stereocenters. The fraction of sp³-hybridized carbons (Fsp3) is 0.125. The number of aryl methyl sites for hydroxylation is 1. The molecule has 0 bridgehead atoms. The maximum Gasteiger partial charge on any atom is 0.210 e. The lowest BCUT2D eigenvalue weighted by atomic mass is 10.2. The Morgan fingerprint density at radius 3 is 2.64 bits per heavy atom. The molecule has 2 aromatic carbocycles. The van der Waals surface area contributed by atoms with Crippen molar-refractivity contribution in [1.82, 2.24) is 10.2 Å². The number of nitrogens with zero attached hydrogens (tertiary/aromatic N) is 2. The van der Waals surface area contributed by atoms with E-state index in [0.29, 0.717) is 0 Å². The lowest BCUT2D eigenvalue weighted by molar-refractivity contribution is 1.01. The summed E-state index contributed by atoms with van der Waals surface area (Å²) in [5, 5.41) is 13.3. The van der Waals surface area contributed by atoms with E-state index < -0.39 is 0 Å². The molecule has 3 rings (SSSR count). The molecule has 3 nitrogen and oxygen atoms in total. The van der Waals surface area contributed by atoms with Crippen molar-refractivity contribution >= 4 is 45.5 Å². The number of anilines is 2. The van der Waals surface area contributed by atoms with Gasteiger partial charge in [-0.25, -0.2) is 0 Å². The molecule has 0 saturated carbocycles. The van der Waals surface area contributed by atoms with Gasteiger partial charge >= 0.3 is 0 Å². The van der Waals surface area contributed by atoms with Gasteiger partial charge in [0.2, 0.25) is 5.13 Å². The summed E-state index contributed by atoms with van der Waals surface area (Å²) in [6, 6.07) is 16.0. The highest BCUT2D eigenvalue weighted by atomic mass is 35.5. The van der Waals surface area contributed by atoms with E-state index in [9.17, 15) is 0 Å². The molecule has 0 aliphatic rings.